The summed E-state index contributed by atoms with van der Waals surface area (Å²) in [6.07, 6.45) is 0.332. The summed E-state index contributed by atoms with van der Waals surface area (Å²) >= 11 is 0. The minimum atomic E-state index is -0.638. The smallest absolute Gasteiger partial charge is 0.119 e. The highest BCUT2D eigenvalue weighted by atomic mass is 16.5. The summed E-state index contributed by atoms with van der Waals surface area (Å²) in [6.45, 7) is 4.07. The molecular formula is C18H20O3. The maximum absolute atomic E-state index is 10.6. The standard InChI is InChI=1S/C18H20O3/c1-2-8-21-17-5-3-4-13(10-17)18(19)14-6-7-15-11-20-12-16(15)9-14/h3-7,9-10,18-19H,2,8,11-12H2,1H3. The lowest BCUT2D eigenvalue weighted by Crippen LogP contribution is -2.02. The van der Waals surface area contributed by atoms with Crippen LogP contribution < -0.4 is 4.74 Å². The normalized spacial score (nSPS) is 14.8. The predicted octanol–water partition coefficient (Wildman–Crippen LogP) is 3.59. The minimum absolute atomic E-state index is 0.634. The topological polar surface area (TPSA) is 38.7 Å². The van der Waals surface area contributed by atoms with Crippen molar-refractivity contribution in [2.75, 3.05) is 6.61 Å². The molecule has 0 aliphatic carbocycles. The van der Waals surface area contributed by atoms with Gasteiger partial charge in [-0.1, -0.05) is 37.3 Å². The minimum Gasteiger partial charge on any atom is -0.494 e. The molecule has 0 fully saturated rings. The first-order valence-electron chi connectivity index (χ1n) is 7.38. The highest BCUT2D eigenvalue weighted by Gasteiger charge is 2.16. The first-order valence-corrected chi connectivity index (χ1v) is 7.38. The molecule has 3 nitrogen and oxygen atoms in total. The van der Waals surface area contributed by atoms with E-state index < -0.39 is 6.10 Å². The van der Waals surface area contributed by atoms with E-state index in [1.54, 1.807) is 0 Å². The summed E-state index contributed by atoms with van der Waals surface area (Å²) in [5.41, 5.74) is 4.13. The summed E-state index contributed by atoms with van der Waals surface area (Å²) < 4.78 is 11.0. The molecule has 3 heteroatoms. The van der Waals surface area contributed by atoms with Gasteiger partial charge in [0.15, 0.2) is 0 Å². The molecular weight excluding hydrogens is 264 g/mol. The molecule has 2 aromatic carbocycles. The van der Waals surface area contributed by atoms with Crippen LogP contribution in [0.5, 0.6) is 5.75 Å². The van der Waals surface area contributed by atoms with Gasteiger partial charge in [0.1, 0.15) is 11.9 Å². The van der Waals surface area contributed by atoms with E-state index in [0.717, 1.165) is 23.3 Å². The van der Waals surface area contributed by atoms with E-state index in [2.05, 4.69) is 6.92 Å². The number of fused-ring (bicyclic) bond motifs is 1. The molecule has 0 spiro atoms. The van der Waals surface area contributed by atoms with Gasteiger partial charge in [0.05, 0.1) is 19.8 Å². The molecule has 0 radical (unpaired) electrons. The molecule has 21 heavy (non-hydrogen) atoms. The number of hydrogen-bond donors (Lipinski definition) is 1. The van der Waals surface area contributed by atoms with Gasteiger partial charge in [-0.3, -0.25) is 0 Å². The first-order chi connectivity index (χ1) is 10.3. The Morgan fingerprint density at radius 2 is 1.90 bits per heavy atom. The number of hydrogen-bond acceptors (Lipinski definition) is 3. The van der Waals surface area contributed by atoms with Crippen molar-refractivity contribution < 1.29 is 14.6 Å². The SMILES string of the molecule is CCCOc1cccc(C(O)c2ccc3c(c2)COC3)c1. The van der Waals surface area contributed by atoms with Crippen molar-refractivity contribution in [1.29, 1.82) is 0 Å². The molecule has 0 aromatic heterocycles. The molecule has 1 unspecified atom stereocenters. The summed E-state index contributed by atoms with van der Waals surface area (Å²) in [5.74, 6) is 0.804. The van der Waals surface area contributed by atoms with Crippen LogP contribution in [0.25, 0.3) is 0 Å². The van der Waals surface area contributed by atoms with E-state index in [-0.39, 0.29) is 0 Å². The van der Waals surface area contributed by atoms with E-state index in [9.17, 15) is 5.11 Å². The Bertz CT molecular complexity index is 622. The third-order valence-electron chi connectivity index (χ3n) is 3.71. The van der Waals surface area contributed by atoms with E-state index in [1.807, 2.05) is 42.5 Å². The van der Waals surface area contributed by atoms with Gasteiger partial charge in [-0.2, -0.15) is 0 Å². The molecule has 1 atom stereocenters. The molecule has 0 saturated heterocycles. The molecule has 1 aliphatic heterocycles. The van der Waals surface area contributed by atoms with Gasteiger partial charge in [0.2, 0.25) is 0 Å². The van der Waals surface area contributed by atoms with E-state index >= 15 is 0 Å². The lowest BCUT2D eigenvalue weighted by Gasteiger charge is -2.14. The fraction of sp³-hybridized carbons (Fsp3) is 0.333. The monoisotopic (exact) mass is 284 g/mol. The Balaban J connectivity index is 1.82. The molecule has 0 saturated carbocycles. The van der Waals surface area contributed by atoms with Crippen molar-refractivity contribution in [1.82, 2.24) is 0 Å². The Kier molecular flexibility index (Phi) is 4.23. The molecule has 3 rings (SSSR count). The zero-order valence-electron chi connectivity index (χ0n) is 12.2. The fourth-order valence-corrected chi connectivity index (χ4v) is 2.55. The zero-order valence-corrected chi connectivity index (χ0v) is 12.2. The maximum Gasteiger partial charge on any atom is 0.119 e. The maximum atomic E-state index is 10.6. The molecule has 2 aromatic rings. The van der Waals surface area contributed by atoms with Gasteiger partial charge in [-0.25, -0.2) is 0 Å². The third-order valence-corrected chi connectivity index (χ3v) is 3.71. The van der Waals surface area contributed by atoms with Crippen molar-refractivity contribution in [2.24, 2.45) is 0 Å². The van der Waals surface area contributed by atoms with Crippen LogP contribution in [0.15, 0.2) is 42.5 Å². The van der Waals surface area contributed by atoms with Crippen molar-refractivity contribution in [3.63, 3.8) is 0 Å². The second-order valence-corrected chi connectivity index (χ2v) is 5.34. The summed E-state index contributed by atoms with van der Waals surface area (Å²) in [5, 5.41) is 10.6. The Morgan fingerprint density at radius 3 is 2.76 bits per heavy atom. The summed E-state index contributed by atoms with van der Waals surface area (Å²) in [6, 6.07) is 13.7. The van der Waals surface area contributed by atoms with Crippen LogP contribution in [0, 0.1) is 0 Å². The highest BCUT2D eigenvalue weighted by Crippen LogP contribution is 2.29. The average Bonchev–Trinajstić information content (AvgIpc) is 3.00. The van der Waals surface area contributed by atoms with Crippen LogP contribution in [0.4, 0.5) is 0 Å². The van der Waals surface area contributed by atoms with Crippen LogP contribution >= 0.6 is 0 Å². The highest BCUT2D eigenvalue weighted by molar-refractivity contribution is 5.39. The molecule has 1 aliphatic rings. The van der Waals surface area contributed by atoms with Crippen molar-refractivity contribution in [3.05, 3.63) is 64.7 Å². The van der Waals surface area contributed by atoms with Crippen molar-refractivity contribution in [2.45, 2.75) is 32.7 Å². The van der Waals surface area contributed by atoms with E-state index in [0.29, 0.717) is 19.8 Å². The molecule has 1 N–H and O–H groups in total. The molecule has 1 heterocycles. The lowest BCUT2D eigenvalue weighted by atomic mass is 9.98. The number of benzene rings is 2. The van der Waals surface area contributed by atoms with Gasteiger partial charge < -0.3 is 14.6 Å². The quantitative estimate of drug-likeness (QED) is 0.912. The number of ether oxygens (including phenoxy) is 2. The van der Waals surface area contributed by atoms with Crippen LogP contribution in [0.3, 0.4) is 0 Å². The summed E-state index contributed by atoms with van der Waals surface area (Å²) in [4.78, 5) is 0. The third kappa shape index (κ3) is 3.09. The van der Waals surface area contributed by atoms with Crippen LogP contribution in [0.2, 0.25) is 0 Å². The van der Waals surface area contributed by atoms with Gasteiger partial charge in [0, 0.05) is 0 Å². The lowest BCUT2D eigenvalue weighted by molar-refractivity contribution is 0.134. The molecule has 0 bridgehead atoms. The zero-order chi connectivity index (χ0) is 14.7. The van der Waals surface area contributed by atoms with Crippen molar-refractivity contribution in [3.8, 4) is 5.75 Å². The van der Waals surface area contributed by atoms with E-state index in [1.165, 1.54) is 11.1 Å². The van der Waals surface area contributed by atoms with Crippen LogP contribution in [-0.2, 0) is 18.0 Å². The Morgan fingerprint density at radius 1 is 1.10 bits per heavy atom. The second kappa shape index (κ2) is 6.29. The number of rotatable bonds is 5. The Hall–Kier alpha value is -1.84. The molecule has 110 valence electrons. The Labute approximate surface area is 125 Å². The van der Waals surface area contributed by atoms with Gasteiger partial charge in [-0.05, 0) is 40.8 Å². The van der Waals surface area contributed by atoms with Crippen LogP contribution in [-0.4, -0.2) is 11.7 Å². The molecule has 0 amide bonds. The van der Waals surface area contributed by atoms with Gasteiger partial charge in [0.25, 0.3) is 0 Å². The van der Waals surface area contributed by atoms with Gasteiger partial charge >= 0.3 is 0 Å². The number of aliphatic hydroxyl groups excluding tert-OH is 1. The largest absolute Gasteiger partial charge is 0.494 e. The van der Waals surface area contributed by atoms with Crippen LogP contribution in [0.1, 0.15) is 41.7 Å². The van der Waals surface area contributed by atoms with Gasteiger partial charge in [-0.15, -0.1) is 0 Å². The second-order valence-electron chi connectivity index (χ2n) is 5.34. The van der Waals surface area contributed by atoms with Crippen molar-refractivity contribution >= 4 is 0 Å². The summed E-state index contributed by atoms with van der Waals surface area (Å²) in [7, 11) is 0. The van der Waals surface area contributed by atoms with E-state index in [4.69, 9.17) is 9.47 Å². The first kappa shape index (κ1) is 14.1. The average molecular weight is 284 g/mol. The fourth-order valence-electron chi connectivity index (χ4n) is 2.55. The predicted molar refractivity (Wildman–Crippen MR) is 81.2 cm³/mol. The number of aliphatic hydroxyl groups is 1.